The molecule has 0 N–H and O–H groups in total. The van der Waals surface area contributed by atoms with Crippen molar-refractivity contribution in [1.82, 2.24) is 14.7 Å². The summed E-state index contributed by atoms with van der Waals surface area (Å²) in [7, 11) is 1.77. The quantitative estimate of drug-likeness (QED) is 0.642. The summed E-state index contributed by atoms with van der Waals surface area (Å²) in [6.45, 7) is 1.60. The van der Waals surface area contributed by atoms with Gasteiger partial charge in [0.25, 0.3) is 0 Å². The Bertz CT molecular complexity index is 995. The third-order valence-electron chi connectivity index (χ3n) is 4.44. The molecule has 0 radical (unpaired) electrons. The summed E-state index contributed by atoms with van der Waals surface area (Å²) in [4.78, 5) is 14.1. The molecule has 4 rings (SSSR count). The number of carbonyl (C=O) groups excluding carboxylic acids is 1. The molecule has 1 aliphatic rings. The number of carbonyl (C=O) groups is 1. The first-order chi connectivity index (χ1) is 13.7. The number of ether oxygens (including phenoxy) is 2. The molecule has 0 fully saturated rings. The van der Waals surface area contributed by atoms with Gasteiger partial charge in [-0.1, -0.05) is 24.3 Å². The van der Waals surface area contributed by atoms with Gasteiger partial charge >= 0.3 is 0 Å². The number of benzene rings is 2. The van der Waals surface area contributed by atoms with Crippen LogP contribution in [0.2, 0.25) is 0 Å². The molecule has 0 saturated carbocycles. The highest BCUT2D eigenvalue weighted by Gasteiger charge is 2.13. The van der Waals surface area contributed by atoms with Crippen LogP contribution in [0.1, 0.15) is 11.1 Å². The Morgan fingerprint density at radius 3 is 2.75 bits per heavy atom. The molecule has 0 atom stereocenters. The Balaban J connectivity index is 1.39. The van der Waals surface area contributed by atoms with Crippen molar-refractivity contribution in [3.8, 4) is 17.2 Å². The molecule has 28 heavy (non-hydrogen) atoms. The van der Waals surface area contributed by atoms with Gasteiger partial charge in [0.1, 0.15) is 13.2 Å². The fraction of sp³-hybridized carbons (Fsp3) is 0.182. The van der Waals surface area contributed by atoms with Gasteiger partial charge in [-0.25, -0.2) is 4.68 Å². The van der Waals surface area contributed by atoms with E-state index in [0.29, 0.717) is 19.8 Å². The lowest BCUT2D eigenvalue weighted by atomic mass is 10.2. The van der Waals surface area contributed by atoms with Crippen molar-refractivity contribution < 1.29 is 14.3 Å². The lowest BCUT2D eigenvalue weighted by molar-refractivity contribution is -0.125. The van der Waals surface area contributed by atoms with Gasteiger partial charge in [-0.15, -0.1) is 0 Å². The van der Waals surface area contributed by atoms with Crippen LogP contribution in [-0.2, 0) is 11.3 Å². The zero-order chi connectivity index (χ0) is 19.3. The fourth-order valence-electron chi connectivity index (χ4n) is 2.98. The first-order valence-corrected chi connectivity index (χ1v) is 9.11. The molecule has 2 aromatic carbocycles. The van der Waals surface area contributed by atoms with E-state index in [-0.39, 0.29) is 5.91 Å². The standard InChI is InChI=1S/C22H21N3O3/c1-24(15-17-7-9-20-21(13-17)28-12-11-27-20)22(26)10-8-18-14-23-25(16-18)19-5-3-2-4-6-19/h2-10,13-14,16H,11-12,15H2,1H3/b10-8+. The van der Waals surface area contributed by atoms with E-state index in [2.05, 4.69) is 5.10 Å². The van der Waals surface area contributed by atoms with Gasteiger partial charge in [0.2, 0.25) is 5.91 Å². The van der Waals surface area contributed by atoms with Crippen LogP contribution in [0.4, 0.5) is 0 Å². The molecule has 0 unspecified atom stereocenters. The van der Waals surface area contributed by atoms with Gasteiger partial charge in [-0.05, 0) is 35.9 Å². The fourth-order valence-corrected chi connectivity index (χ4v) is 2.98. The predicted molar refractivity (Wildman–Crippen MR) is 107 cm³/mol. The smallest absolute Gasteiger partial charge is 0.246 e. The second-order valence-corrected chi connectivity index (χ2v) is 6.56. The van der Waals surface area contributed by atoms with E-state index in [1.54, 1.807) is 35.0 Å². The van der Waals surface area contributed by atoms with Gasteiger partial charge in [-0.3, -0.25) is 4.79 Å². The highest BCUT2D eigenvalue weighted by atomic mass is 16.6. The molecule has 0 bridgehead atoms. The van der Waals surface area contributed by atoms with Crippen molar-refractivity contribution in [2.24, 2.45) is 0 Å². The first kappa shape index (κ1) is 17.9. The van der Waals surface area contributed by atoms with Crippen molar-refractivity contribution in [2.45, 2.75) is 6.54 Å². The second kappa shape index (κ2) is 8.00. The maximum Gasteiger partial charge on any atom is 0.246 e. The third kappa shape index (κ3) is 4.06. The Kier molecular flexibility index (Phi) is 5.10. The molecular formula is C22H21N3O3. The van der Waals surface area contributed by atoms with E-state index in [1.165, 1.54) is 0 Å². The highest BCUT2D eigenvalue weighted by molar-refractivity contribution is 5.91. The highest BCUT2D eigenvalue weighted by Crippen LogP contribution is 2.31. The van der Waals surface area contributed by atoms with Crippen LogP contribution in [0.5, 0.6) is 11.5 Å². The minimum Gasteiger partial charge on any atom is -0.486 e. The van der Waals surface area contributed by atoms with Crippen molar-refractivity contribution in [3.05, 3.63) is 78.1 Å². The maximum atomic E-state index is 12.4. The van der Waals surface area contributed by atoms with Crippen LogP contribution in [0.15, 0.2) is 67.0 Å². The van der Waals surface area contributed by atoms with E-state index >= 15 is 0 Å². The Morgan fingerprint density at radius 1 is 1.14 bits per heavy atom. The third-order valence-corrected chi connectivity index (χ3v) is 4.44. The number of rotatable bonds is 5. The van der Waals surface area contributed by atoms with Gasteiger partial charge in [-0.2, -0.15) is 5.10 Å². The monoisotopic (exact) mass is 375 g/mol. The molecule has 6 heteroatoms. The van der Waals surface area contributed by atoms with Crippen molar-refractivity contribution >= 4 is 12.0 Å². The number of amides is 1. The summed E-state index contributed by atoms with van der Waals surface area (Å²) in [5.74, 6) is 1.40. The normalized spacial score (nSPS) is 12.9. The van der Waals surface area contributed by atoms with Crippen LogP contribution in [0.3, 0.4) is 0 Å². The van der Waals surface area contributed by atoms with Gasteiger partial charge in [0, 0.05) is 31.4 Å². The van der Waals surface area contributed by atoms with Crippen molar-refractivity contribution in [2.75, 3.05) is 20.3 Å². The largest absolute Gasteiger partial charge is 0.486 e. The lowest BCUT2D eigenvalue weighted by Crippen LogP contribution is -2.24. The maximum absolute atomic E-state index is 12.4. The van der Waals surface area contributed by atoms with E-state index < -0.39 is 0 Å². The van der Waals surface area contributed by atoms with Crippen LogP contribution in [0.25, 0.3) is 11.8 Å². The number of fused-ring (bicyclic) bond motifs is 1. The Hall–Kier alpha value is -3.54. The van der Waals surface area contributed by atoms with Crippen molar-refractivity contribution in [3.63, 3.8) is 0 Å². The molecule has 3 aromatic rings. The number of aromatic nitrogens is 2. The number of likely N-dealkylation sites (N-methyl/N-ethyl adjacent to an activating group) is 1. The Morgan fingerprint density at radius 2 is 1.93 bits per heavy atom. The van der Waals surface area contributed by atoms with Crippen LogP contribution in [-0.4, -0.2) is 40.8 Å². The van der Waals surface area contributed by atoms with Crippen LogP contribution in [0, 0.1) is 0 Å². The molecule has 2 heterocycles. The minimum atomic E-state index is -0.0812. The molecule has 1 aromatic heterocycles. The van der Waals surface area contributed by atoms with Crippen LogP contribution < -0.4 is 9.47 Å². The SMILES string of the molecule is CN(Cc1ccc2c(c1)OCCO2)C(=O)/C=C/c1cnn(-c2ccccc2)c1. The summed E-state index contributed by atoms with van der Waals surface area (Å²) >= 11 is 0. The number of nitrogens with zero attached hydrogens (tertiary/aromatic N) is 3. The summed E-state index contributed by atoms with van der Waals surface area (Å²) in [6.07, 6.45) is 6.96. The van der Waals surface area contributed by atoms with E-state index in [1.807, 2.05) is 54.7 Å². The zero-order valence-corrected chi connectivity index (χ0v) is 15.6. The average molecular weight is 375 g/mol. The molecule has 142 valence electrons. The molecule has 1 aliphatic heterocycles. The predicted octanol–water partition coefficient (Wildman–Crippen LogP) is 3.32. The average Bonchev–Trinajstić information content (AvgIpc) is 3.21. The number of hydrogen-bond donors (Lipinski definition) is 0. The summed E-state index contributed by atoms with van der Waals surface area (Å²) < 4.78 is 12.9. The molecule has 6 nitrogen and oxygen atoms in total. The topological polar surface area (TPSA) is 56.6 Å². The summed E-state index contributed by atoms with van der Waals surface area (Å²) in [5.41, 5.74) is 2.83. The van der Waals surface area contributed by atoms with Crippen LogP contribution >= 0.6 is 0 Å². The van der Waals surface area contributed by atoms with E-state index in [9.17, 15) is 4.79 Å². The second-order valence-electron chi connectivity index (χ2n) is 6.56. The number of para-hydroxylation sites is 1. The molecule has 1 amide bonds. The molecular weight excluding hydrogens is 354 g/mol. The Labute approximate surface area is 163 Å². The van der Waals surface area contributed by atoms with E-state index in [0.717, 1.165) is 28.3 Å². The number of hydrogen-bond acceptors (Lipinski definition) is 4. The minimum absolute atomic E-state index is 0.0812. The zero-order valence-electron chi connectivity index (χ0n) is 15.6. The van der Waals surface area contributed by atoms with Crippen molar-refractivity contribution in [1.29, 1.82) is 0 Å². The molecule has 0 spiro atoms. The summed E-state index contributed by atoms with van der Waals surface area (Å²) in [6, 6.07) is 15.6. The van der Waals surface area contributed by atoms with Gasteiger partial charge < -0.3 is 14.4 Å². The molecule has 0 aliphatic carbocycles. The van der Waals surface area contributed by atoms with E-state index in [4.69, 9.17) is 9.47 Å². The molecule has 0 saturated heterocycles. The summed E-state index contributed by atoms with van der Waals surface area (Å²) in [5, 5.41) is 4.33. The van der Waals surface area contributed by atoms with Gasteiger partial charge in [0.05, 0.1) is 11.9 Å². The lowest BCUT2D eigenvalue weighted by Gasteiger charge is -2.20. The van der Waals surface area contributed by atoms with Gasteiger partial charge in [0.15, 0.2) is 11.5 Å². The first-order valence-electron chi connectivity index (χ1n) is 9.11.